The van der Waals surface area contributed by atoms with Crippen molar-refractivity contribution < 1.29 is 14.5 Å². The van der Waals surface area contributed by atoms with Gasteiger partial charge in [-0.15, -0.1) is 0 Å². The lowest BCUT2D eigenvalue weighted by atomic mass is 10.1. The van der Waals surface area contributed by atoms with Gasteiger partial charge in [0.15, 0.2) is 0 Å². The monoisotopic (exact) mass is 290 g/mol. The number of nitrogens with one attached hydrogen (secondary N) is 2. The number of para-hydroxylation sites is 1. The summed E-state index contributed by atoms with van der Waals surface area (Å²) in [5.74, 6) is -0.469. The molecule has 1 aromatic heterocycles. The molecule has 0 saturated heterocycles. The normalized spacial score (nSPS) is 10.1. The van der Waals surface area contributed by atoms with Gasteiger partial charge in [0.25, 0.3) is 5.91 Å². The molecule has 2 rings (SSSR count). The van der Waals surface area contributed by atoms with Crippen LogP contribution in [0, 0.1) is 10.1 Å². The lowest BCUT2D eigenvalue weighted by molar-refractivity contribution is -0.385. The molecular formula is C13H14N4O4. The fourth-order valence-electron chi connectivity index (χ4n) is 1.80. The van der Waals surface area contributed by atoms with Crippen molar-refractivity contribution in [2.24, 2.45) is 0 Å². The molecule has 0 atom stereocenters. The summed E-state index contributed by atoms with van der Waals surface area (Å²) in [6.07, 6.45) is 1.57. The number of aromatic amines is 1. The molecule has 1 heterocycles. The van der Waals surface area contributed by atoms with E-state index < -0.39 is 10.8 Å². The maximum absolute atomic E-state index is 12.2. The average molecular weight is 290 g/mol. The number of hydrogen-bond acceptors (Lipinski definition) is 5. The summed E-state index contributed by atoms with van der Waals surface area (Å²) in [6, 6.07) is 5.96. The van der Waals surface area contributed by atoms with Crippen molar-refractivity contribution >= 4 is 11.6 Å². The van der Waals surface area contributed by atoms with Crippen LogP contribution in [0.2, 0.25) is 0 Å². The van der Waals surface area contributed by atoms with Crippen LogP contribution < -0.4 is 10.1 Å². The van der Waals surface area contributed by atoms with E-state index >= 15 is 0 Å². The number of nitro benzene ring substituents is 1. The highest BCUT2D eigenvalue weighted by Crippen LogP contribution is 2.30. The molecule has 21 heavy (non-hydrogen) atoms. The number of nitrogens with zero attached hydrogens (tertiary/aromatic N) is 2. The third-order valence-electron chi connectivity index (χ3n) is 2.72. The summed E-state index contributed by atoms with van der Waals surface area (Å²) < 4.78 is 5.26. The Morgan fingerprint density at radius 2 is 2.29 bits per heavy atom. The first-order valence-electron chi connectivity index (χ1n) is 6.30. The van der Waals surface area contributed by atoms with Gasteiger partial charge in [0, 0.05) is 12.3 Å². The van der Waals surface area contributed by atoms with E-state index in [9.17, 15) is 14.9 Å². The molecule has 0 aliphatic rings. The van der Waals surface area contributed by atoms with Gasteiger partial charge in [0.05, 0.1) is 29.3 Å². The van der Waals surface area contributed by atoms with Crippen LogP contribution in [0.3, 0.4) is 0 Å². The fraction of sp³-hybridized carbons (Fsp3) is 0.231. The van der Waals surface area contributed by atoms with E-state index in [1.54, 1.807) is 19.2 Å². The van der Waals surface area contributed by atoms with Crippen LogP contribution in [-0.4, -0.2) is 27.6 Å². The molecular weight excluding hydrogens is 276 g/mol. The summed E-state index contributed by atoms with van der Waals surface area (Å²) in [4.78, 5) is 22.6. The molecule has 0 fully saturated rings. The molecule has 0 aliphatic carbocycles. The van der Waals surface area contributed by atoms with Gasteiger partial charge in [-0.1, -0.05) is 6.07 Å². The van der Waals surface area contributed by atoms with Crippen LogP contribution >= 0.6 is 0 Å². The number of amides is 1. The molecule has 2 N–H and O–H groups in total. The van der Waals surface area contributed by atoms with Crippen LogP contribution in [0.1, 0.15) is 23.0 Å². The highest BCUT2D eigenvalue weighted by molar-refractivity contribution is 5.98. The first-order chi connectivity index (χ1) is 10.1. The summed E-state index contributed by atoms with van der Waals surface area (Å²) in [7, 11) is 0. The molecule has 8 nitrogen and oxygen atoms in total. The number of ether oxygens (including phenoxy) is 1. The minimum absolute atomic E-state index is 0.0212. The Morgan fingerprint density at radius 1 is 1.48 bits per heavy atom. The maximum Gasteiger partial charge on any atom is 0.311 e. The summed E-state index contributed by atoms with van der Waals surface area (Å²) >= 11 is 0. The van der Waals surface area contributed by atoms with Gasteiger partial charge < -0.3 is 10.1 Å². The van der Waals surface area contributed by atoms with E-state index in [0.717, 1.165) is 5.69 Å². The van der Waals surface area contributed by atoms with E-state index in [1.807, 2.05) is 0 Å². The lowest BCUT2D eigenvalue weighted by Gasteiger charge is -2.10. The number of aromatic nitrogens is 2. The van der Waals surface area contributed by atoms with Gasteiger partial charge in [-0.3, -0.25) is 20.0 Å². The molecule has 0 unspecified atom stereocenters. The smallest absolute Gasteiger partial charge is 0.311 e. The maximum atomic E-state index is 12.2. The Balaban J connectivity index is 2.23. The second kappa shape index (κ2) is 6.51. The number of hydrogen-bond donors (Lipinski definition) is 2. The zero-order valence-electron chi connectivity index (χ0n) is 11.3. The molecule has 1 aromatic carbocycles. The van der Waals surface area contributed by atoms with Crippen molar-refractivity contribution in [1.82, 2.24) is 15.5 Å². The molecule has 8 heteroatoms. The van der Waals surface area contributed by atoms with Crippen molar-refractivity contribution in [3.8, 4) is 5.75 Å². The van der Waals surface area contributed by atoms with Crippen molar-refractivity contribution in [2.45, 2.75) is 13.5 Å². The van der Waals surface area contributed by atoms with Crippen molar-refractivity contribution in [2.75, 3.05) is 6.61 Å². The van der Waals surface area contributed by atoms with Crippen LogP contribution in [0.4, 0.5) is 5.69 Å². The van der Waals surface area contributed by atoms with Gasteiger partial charge in [0.2, 0.25) is 5.75 Å². The predicted octanol–water partition coefficient (Wildman–Crippen LogP) is 1.65. The Bertz CT molecular complexity index is 640. The Labute approximate surface area is 120 Å². The standard InChI is InChI=1S/C13H14N4O4/c1-2-21-12-10(4-3-5-11(12)17(19)20)13(18)14-8-9-6-7-15-16-9/h3-7H,2,8H2,1H3,(H,14,18)(H,15,16). The topological polar surface area (TPSA) is 110 Å². The van der Waals surface area contributed by atoms with E-state index in [4.69, 9.17) is 4.74 Å². The highest BCUT2D eigenvalue weighted by atomic mass is 16.6. The van der Waals surface area contributed by atoms with Crippen molar-refractivity contribution in [1.29, 1.82) is 0 Å². The molecule has 0 radical (unpaired) electrons. The Kier molecular flexibility index (Phi) is 4.50. The van der Waals surface area contributed by atoms with Gasteiger partial charge >= 0.3 is 5.69 Å². The van der Waals surface area contributed by atoms with Gasteiger partial charge in [-0.25, -0.2) is 0 Å². The predicted molar refractivity (Wildman–Crippen MR) is 74.0 cm³/mol. The molecule has 1 amide bonds. The summed E-state index contributed by atoms with van der Waals surface area (Å²) in [5, 5.41) is 20.1. The number of carbonyl (C=O) groups is 1. The Hall–Kier alpha value is -2.90. The molecule has 0 spiro atoms. The minimum Gasteiger partial charge on any atom is -0.487 e. The third kappa shape index (κ3) is 3.35. The molecule has 0 aliphatic heterocycles. The first-order valence-corrected chi connectivity index (χ1v) is 6.30. The quantitative estimate of drug-likeness (QED) is 0.620. The van der Waals surface area contributed by atoms with E-state index in [0.29, 0.717) is 0 Å². The van der Waals surface area contributed by atoms with E-state index in [2.05, 4.69) is 15.5 Å². The third-order valence-corrected chi connectivity index (χ3v) is 2.72. The first kappa shape index (κ1) is 14.5. The summed E-state index contributed by atoms with van der Waals surface area (Å²) in [6.45, 7) is 2.17. The van der Waals surface area contributed by atoms with E-state index in [1.165, 1.54) is 18.2 Å². The van der Waals surface area contributed by atoms with Gasteiger partial charge in [-0.05, 0) is 19.1 Å². The minimum atomic E-state index is -0.573. The summed E-state index contributed by atoms with van der Waals surface area (Å²) in [5.41, 5.74) is 0.628. The van der Waals surface area contributed by atoms with Crippen LogP contribution in [0.5, 0.6) is 5.75 Å². The SMILES string of the molecule is CCOc1c(C(=O)NCc2ccn[nH]2)cccc1[N+](=O)[O-]. The van der Waals surface area contributed by atoms with Crippen LogP contribution in [0.25, 0.3) is 0 Å². The second-order valence-corrected chi connectivity index (χ2v) is 4.11. The highest BCUT2D eigenvalue weighted by Gasteiger charge is 2.22. The van der Waals surface area contributed by atoms with Crippen molar-refractivity contribution in [3.05, 3.63) is 51.8 Å². The van der Waals surface area contributed by atoms with E-state index in [-0.39, 0.29) is 30.2 Å². The Morgan fingerprint density at radius 3 is 2.90 bits per heavy atom. The van der Waals surface area contributed by atoms with Crippen LogP contribution in [-0.2, 0) is 6.54 Å². The van der Waals surface area contributed by atoms with Crippen molar-refractivity contribution in [3.63, 3.8) is 0 Å². The zero-order chi connectivity index (χ0) is 15.2. The number of H-pyrrole nitrogens is 1. The second-order valence-electron chi connectivity index (χ2n) is 4.11. The largest absolute Gasteiger partial charge is 0.487 e. The number of carbonyl (C=O) groups excluding carboxylic acids is 1. The molecule has 110 valence electrons. The fourth-order valence-corrected chi connectivity index (χ4v) is 1.80. The van der Waals surface area contributed by atoms with Gasteiger partial charge in [0.1, 0.15) is 0 Å². The number of nitro groups is 1. The zero-order valence-corrected chi connectivity index (χ0v) is 11.3. The van der Waals surface area contributed by atoms with Crippen LogP contribution in [0.15, 0.2) is 30.5 Å². The number of rotatable bonds is 6. The number of benzene rings is 1. The lowest BCUT2D eigenvalue weighted by Crippen LogP contribution is -2.24. The molecule has 0 saturated carbocycles. The van der Waals surface area contributed by atoms with Gasteiger partial charge in [-0.2, -0.15) is 5.10 Å². The molecule has 0 bridgehead atoms. The average Bonchev–Trinajstić information content (AvgIpc) is 2.98. The molecule has 2 aromatic rings.